The van der Waals surface area contributed by atoms with Crippen LogP contribution in [0.3, 0.4) is 0 Å². The van der Waals surface area contributed by atoms with Gasteiger partial charge in [-0.05, 0) is 37.6 Å². The fraction of sp³-hybridized carbons (Fsp3) is 0.286. The number of benzene rings is 2. The minimum atomic E-state index is -3.75. The zero-order valence-electron chi connectivity index (χ0n) is 18.9. The summed E-state index contributed by atoms with van der Waals surface area (Å²) >= 11 is 0. The predicted molar refractivity (Wildman–Crippen MR) is 120 cm³/mol. The molecule has 0 unspecified atom stereocenters. The van der Waals surface area contributed by atoms with E-state index in [-0.39, 0.29) is 28.3 Å². The number of amides is 1. The van der Waals surface area contributed by atoms with Crippen molar-refractivity contribution in [3.8, 4) is 0 Å². The summed E-state index contributed by atoms with van der Waals surface area (Å²) in [6.07, 6.45) is 0. The lowest BCUT2D eigenvalue weighted by atomic mass is 10.1. The number of carbonyl (C=O) groups excluding carboxylic acids is 3. The first-order valence-corrected chi connectivity index (χ1v) is 11.3. The Bertz CT molecular complexity index is 1240. The Morgan fingerprint density at radius 1 is 1.03 bits per heavy atom. The van der Waals surface area contributed by atoms with Crippen LogP contribution >= 0.6 is 0 Å². The van der Waals surface area contributed by atoms with Gasteiger partial charge in [0.2, 0.25) is 10.0 Å². The normalized spacial score (nSPS) is 11.1. The van der Waals surface area contributed by atoms with E-state index in [1.165, 1.54) is 32.3 Å². The molecule has 0 spiro atoms. The molecule has 0 atom stereocenters. The molecule has 0 aromatic heterocycles. The van der Waals surface area contributed by atoms with E-state index in [1.807, 2.05) is 0 Å². The number of carbonyl (C=O) groups is 3. The fourth-order valence-electron chi connectivity index (χ4n) is 2.73. The van der Waals surface area contributed by atoms with E-state index in [2.05, 4.69) is 5.32 Å². The molecule has 1 N–H and O–H groups in total. The van der Waals surface area contributed by atoms with Crippen molar-refractivity contribution in [3.05, 3.63) is 63.2 Å². The zero-order valence-corrected chi connectivity index (χ0v) is 19.7. The summed E-state index contributed by atoms with van der Waals surface area (Å²) in [5, 5.41) is 13.6. The first kappa shape index (κ1) is 26.4. The molecule has 12 nitrogen and oxygen atoms in total. The topological polar surface area (TPSA) is 162 Å². The molecular formula is C21H23N3O9S. The first-order chi connectivity index (χ1) is 15.9. The average molecular weight is 493 g/mol. The second-order valence-electron chi connectivity index (χ2n) is 7.14. The van der Waals surface area contributed by atoms with Crippen molar-refractivity contribution in [2.75, 3.05) is 32.6 Å². The Labute approximate surface area is 195 Å². The van der Waals surface area contributed by atoms with Crippen LogP contribution in [0.1, 0.15) is 33.2 Å². The van der Waals surface area contributed by atoms with Gasteiger partial charge in [-0.15, -0.1) is 0 Å². The number of hydrogen-bond donors (Lipinski definition) is 1. The maximum Gasteiger partial charge on any atom is 0.338 e. The minimum absolute atomic E-state index is 0.00427. The van der Waals surface area contributed by atoms with E-state index in [9.17, 15) is 32.9 Å². The molecule has 0 aliphatic heterocycles. The molecule has 0 bridgehead atoms. The third-order valence-corrected chi connectivity index (χ3v) is 6.40. The summed E-state index contributed by atoms with van der Waals surface area (Å²) in [6.45, 7) is 2.42. The van der Waals surface area contributed by atoms with Gasteiger partial charge >= 0.3 is 11.9 Å². The molecule has 0 saturated heterocycles. The van der Waals surface area contributed by atoms with Crippen LogP contribution in [-0.2, 0) is 24.3 Å². The van der Waals surface area contributed by atoms with Crippen molar-refractivity contribution in [2.24, 2.45) is 0 Å². The van der Waals surface area contributed by atoms with Crippen LogP contribution in [-0.4, -0.2) is 62.8 Å². The van der Waals surface area contributed by atoms with E-state index in [1.54, 1.807) is 13.8 Å². The highest BCUT2D eigenvalue weighted by Crippen LogP contribution is 2.23. The molecule has 34 heavy (non-hydrogen) atoms. The third kappa shape index (κ3) is 6.36. The summed E-state index contributed by atoms with van der Waals surface area (Å²) in [7, 11) is -0.999. The fourth-order valence-corrected chi connectivity index (χ4v) is 3.87. The number of nitrogens with zero attached hydrogens (tertiary/aromatic N) is 2. The van der Waals surface area contributed by atoms with Crippen LogP contribution in [0.5, 0.6) is 0 Å². The van der Waals surface area contributed by atoms with Gasteiger partial charge in [0.05, 0.1) is 27.6 Å². The monoisotopic (exact) mass is 493 g/mol. The van der Waals surface area contributed by atoms with Crippen molar-refractivity contribution < 1.29 is 37.2 Å². The van der Waals surface area contributed by atoms with Gasteiger partial charge in [-0.3, -0.25) is 14.9 Å². The van der Waals surface area contributed by atoms with Gasteiger partial charge in [-0.25, -0.2) is 22.3 Å². The summed E-state index contributed by atoms with van der Waals surface area (Å²) in [6, 6.07) is 7.19. The van der Waals surface area contributed by atoms with E-state index >= 15 is 0 Å². The molecule has 0 aliphatic rings. The lowest BCUT2D eigenvalue weighted by Crippen LogP contribution is -2.24. The summed E-state index contributed by atoms with van der Waals surface area (Å²) < 4.78 is 35.6. The second-order valence-corrected chi connectivity index (χ2v) is 9.26. The molecule has 0 saturated carbocycles. The number of sulfonamides is 1. The Morgan fingerprint density at radius 3 is 2.15 bits per heavy atom. The van der Waals surface area contributed by atoms with Crippen LogP contribution in [0.15, 0.2) is 41.3 Å². The summed E-state index contributed by atoms with van der Waals surface area (Å²) in [4.78, 5) is 46.8. The molecule has 2 aromatic rings. The average Bonchev–Trinajstić information content (AvgIpc) is 2.78. The van der Waals surface area contributed by atoms with Crippen molar-refractivity contribution in [1.82, 2.24) is 4.31 Å². The van der Waals surface area contributed by atoms with Crippen LogP contribution in [0, 0.1) is 17.0 Å². The number of aryl methyl sites for hydroxylation is 1. The molecule has 2 aromatic carbocycles. The van der Waals surface area contributed by atoms with Crippen molar-refractivity contribution >= 4 is 39.2 Å². The van der Waals surface area contributed by atoms with Gasteiger partial charge < -0.3 is 14.8 Å². The minimum Gasteiger partial charge on any atom is -0.462 e. The molecule has 0 radical (unpaired) electrons. The Balaban J connectivity index is 2.15. The maximum absolute atomic E-state index is 12.4. The van der Waals surface area contributed by atoms with Crippen LogP contribution in [0.25, 0.3) is 0 Å². The van der Waals surface area contributed by atoms with Gasteiger partial charge in [0, 0.05) is 31.9 Å². The molecule has 13 heteroatoms. The number of nitro groups is 1. The highest BCUT2D eigenvalue weighted by molar-refractivity contribution is 7.89. The Hall–Kier alpha value is -3.84. The number of esters is 2. The van der Waals surface area contributed by atoms with Gasteiger partial charge in [0.15, 0.2) is 6.61 Å². The Kier molecular flexibility index (Phi) is 8.43. The van der Waals surface area contributed by atoms with Gasteiger partial charge in [-0.1, -0.05) is 6.07 Å². The number of anilines is 1. The standard InChI is InChI=1S/C21H23N3O9S/c1-5-32-20(26)14-8-15(10-17(9-14)24(28)29)21(27)33-12-19(25)22-16-7-6-13(2)18(11-16)34(30,31)23(3)4/h6-11H,5,12H2,1-4H3,(H,22,25). The second kappa shape index (κ2) is 10.9. The SMILES string of the molecule is CCOC(=O)c1cc(C(=O)OCC(=O)Nc2ccc(C)c(S(=O)(=O)N(C)C)c2)cc([N+](=O)[O-])c1. The molecule has 1 amide bonds. The van der Waals surface area contributed by atoms with Gasteiger partial charge in [0.25, 0.3) is 11.6 Å². The molecule has 0 heterocycles. The number of nitrogens with one attached hydrogen (secondary N) is 1. The number of hydrogen-bond acceptors (Lipinski definition) is 9. The van der Waals surface area contributed by atoms with Gasteiger partial charge in [-0.2, -0.15) is 0 Å². The molecular weight excluding hydrogens is 470 g/mol. The highest BCUT2D eigenvalue weighted by Gasteiger charge is 2.22. The third-order valence-electron chi connectivity index (χ3n) is 4.44. The number of nitro benzene ring substituents is 1. The van der Waals surface area contributed by atoms with Crippen molar-refractivity contribution in [3.63, 3.8) is 0 Å². The van der Waals surface area contributed by atoms with E-state index in [0.717, 1.165) is 22.5 Å². The summed E-state index contributed by atoms with van der Waals surface area (Å²) in [5.74, 6) is -2.72. The molecule has 0 aliphatic carbocycles. The molecule has 0 fully saturated rings. The molecule has 2 rings (SSSR count). The van der Waals surface area contributed by atoms with Crippen LogP contribution < -0.4 is 5.32 Å². The highest BCUT2D eigenvalue weighted by atomic mass is 32.2. The summed E-state index contributed by atoms with van der Waals surface area (Å²) in [5.41, 5.74) is -0.439. The Morgan fingerprint density at radius 2 is 1.62 bits per heavy atom. The smallest absolute Gasteiger partial charge is 0.338 e. The number of rotatable bonds is 9. The van der Waals surface area contributed by atoms with E-state index in [4.69, 9.17) is 9.47 Å². The van der Waals surface area contributed by atoms with E-state index in [0.29, 0.717) is 5.56 Å². The lowest BCUT2D eigenvalue weighted by Gasteiger charge is -2.15. The van der Waals surface area contributed by atoms with Crippen molar-refractivity contribution in [1.29, 1.82) is 0 Å². The largest absolute Gasteiger partial charge is 0.462 e. The number of ether oxygens (including phenoxy) is 2. The predicted octanol–water partition coefficient (Wildman–Crippen LogP) is 2.13. The maximum atomic E-state index is 12.4. The van der Waals surface area contributed by atoms with Crippen LogP contribution in [0.2, 0.25) is 0 Å². The van der Waals surface area contributed by atoms with Crippen molar-refractivity contribution in [2.45, 2.75) is 18.7 Å². The van der Waals surface area contributed by atoms with Crippen LogP contribution in [0.4, 0.5) is 11.4 Å². The number of non-ortho nitro benzene ring substituents is 1. The zero-order chi connectivity index (χ0) is 25.6. The quantitative estimate of drug-likeness (QED) is 0.313. The lowest BCUT2D eigenvalue weighted by molar-refractivity contribution is -0.384. The van der Waals surface area contributed by atoms with E-state index < -0.39 is 45.1 Å². The van der Waals surface area contributed by atoms with Gasteiger partial charge in [0.1, 0.15) is 0 Å². The first-order valence-electron chi connectivity index (χ1n) is 9.83. The molecule has 182 valence electrons.